The summed E-state index contributed by atoms with van der Waals surface area (Å²) in [5.74, 6) is 0.340. The number of methoxy groups -OCH3 is 1. The van der Waals surface area contributed by atoms with E-state index in [2.05, 4.69) is 0 Å². The number of halogens is 2. The minimum absolute atomic E-state index is 0.145. The Morgan fingerprint density at radius 2 is 1.81 bits per heavy atom. The van der Waals surface area contributed by atoms with Crippen molar-refractivity contribution in [3.05, 3.63) is 119 Å². The van der Waals surface area contributed by atoms with Gasteiger partial charge in [-0.05, 0) is 37.1 Å². The molecule has 0 bridgehead atoms. The third-order valence-corrected chi connectivity index (χ3v) is 8.43. The van der Waals surface area contributed by atoms with E-state index in [9.17, 15) is 9.59 Å². The van der Waals surface area contributed by atoms with Gasteiger partial charge in [0.25, 0.3) is 5.56 Å². The molecule has 0 N–H and O–H groups in total. The largest absolute Gasteiger partial charge is 0.493 e. The lowest BCUT2D eigenvalue weighted by Gasteiger charge is -2.27. The SMILES string of the molecule is CCCOc1c(OC)cccc1[C@@H]1C(C(=O)OCC)=C(c2ccccc2)N=c2s/c(=C/c3cccc(Cl)c3Cl)c(=O)n21. The summed E-state index contributed by atoms with van der Waals surface area (Å²) in [5.41, 5.74) is 2.15. The second-order valence-electron chi connectivity index (χ2n) is 9.30. The maximum absolute atomic E-state index is 14.2. The first-order valence-electron chi connectivity index (χ1n) is 13.4. The van der Waals surface area contributed by atoms with Gasteiger partial charge in [-0.2, -0.15) is 0 Å². The topological polar surface area (TPSA) is 79.1 Å². The van der Waals surface area contributed by atoms with Crippen molar-refractivity contribution in [2.75, 3.05) is 20.3 Å². The van der Waals surface area contributed by atoms with Gasteiger partial charge in [0, 0.05) is 11.1 Å². The van der Waals surface area contributed by atoms with Crippen LogP contribution in [0.4, 0.5) is 0 Å². The second-order valence-corrected chi connectivity index (χ2v) is 11.1. The summed E-state index contributed by atoms with van der Waals surface area (Å²) in [6.07, 6.45) is 2.43. The number of nitrogens with zero attached hydrogens (tertiary/aromatic N) is 2. The lowest BCUT2D eigenvalue weighted by molar-refractivity contribution is -0.138. The number of carbonyl (C=O) groups is 1. The van der Waals surface area contributed by atoms with E-state index in [0.29, 0.717) is 59.9 Å². The van der Waals surface area contributed by atoms with E-state index in [1.54, 1.807) is 50.4 Å². The molecule has 42 heavy (non-hydrogen) atoms. The summed E-state index contributed by atoms with van der Waals surface area (Å²) in [6, 6.07) is 19.1. The molecule has 2 heterocycles. The molecule has 4 aromatic rings. The second kappa shape index (κ2) is 13.0. The lowest BCUT2D eigenvalue weighted by Crippen LogP contribution is -2.40. The van der Waals surface area contributed by atoms with Gasteiger partial charge in [-0.15, -0.1) is 0 Å². The standard InChI is InChI=1S/C32H28Cl2N2O5S/c1-4-17-41-29-21(14-10-16-23(29)39-3)28-25(31(38)40-5-2)27(19-11-7-6-8-12-19)35-32-36(28)30(37)24(42-32)18-20-13-9-15-22(33)26(20)34/h6-16,18,28H,4-5,17H2,1-3H3/b24-18+/t28-/m1/s1. The van der Waals surface area contributed by atoms with Gasteiger partial charge < -0.3 is 14.2 Å². The third kappa shape index (κ3) is 5.62. The van der Waals surface area contributed by atoms with Gasteiger partial charge in [0.1, 0.15) is 6.04 Å². The van der Waals surface area contributed by atoms with Crippen molar-refractivity contribution in [3.63, 3.8) is 0 Å². The molecule has 216 valence electrons. The van der Waals surface area contributed by atoms with Gasteiger partial charge in [0.05, 0.1) is 46.2 Å². The average molecular weight is 624 g/mol. The van der Waals surface area contributed by atoms with E-state index in [4.69, 9.17) is 42.4 Å². The zero-order valence-electron chi connectivity index (χ0n) is 23.2. The minimum Gasteiger partial charge on any atom is -0.493 e. The zero-order valence-corrected chi connectivity index (χ0v) is 25.6. The zero-order chi connectivity index (χ0) is 29.8. The number of rotatable bonds is 9. The Balaban J connectivity index is 1.88. The van der Waals surface area contributed by atoms with Crippen LogP contribution in [0.15, 0.2) is 82.1 Å². The Morgan fingerprint density at radius 3 is 2.52 bits per heavy atom. The van der Waals surface area contributed by atoms with E-state index >= 15 is 0 Å². The maximum Gasteiger partial charge on any atom is 0.338 e. The van der Waals surface area contributed by atoms with Gasteiger partial charge >= 0.3 is 5.97 Å². The summed E-state index contributed by atoms with van der Waals surface area (Å²) in [7, 11) is 1.55. The monoisotopic (exact) mass is 622 g/mol. The fourth-order valence-electron chi connectivity index (χ4n) is 4.78. The Hall–Kier alpha value is -3.85. The predicted molar refractivity (Wildman–Crippen MR) is 166 cm³/mol. The van der Waals surface area contributed by atoms with Crippen LogP contribution in [-0.4, -0.2) is 30.9 Å². The third-order valence-electron chi connectivity index (χ3n) is 6.62. The first-order valence-corrected chi connectivity index (χ1v) is 15.0. The molecular formula is C32H28Cl2N2O5S. The van der Waals surface area contributed by atoms with Crippen LogP contribution in [0.3, 0.4) is 0 Å². The van der Waals surface area contributed by atoms with Crippen LogP contribution >= 0.6 is 34.5 Å². The molecule has 7 nitrogen and oxygen atoms in total. The predicted octanol–water partition coefficient (Wildman–Crippen LogP) is 6.04. The normalized spacial score (nSPS) is 14.8. The maximum atomic E-state index is 14.2. The van der Waals surface area contributed by atoms with Crippen LogP contribution in [0.25, 0.3) is 11.8 Å². The highest BCUT2D eigenvalue weighted by molar-refractivity contribution is 7.07. The van der Waals surface area contributed by atoms with Crippen molar-refractivity contribution >= 4 is 52.3 Å². The number of hydrogen-bond donors (Lipinski definition) is 0. The highest BCUT2D eigenvalue weighted by Crippen LogP contribution is 2.42. The fraction of sp³-hybridized carbons (Fsp3) is 0.219. The van der Waals surface area contributed by atoms with Crippen LogP contribution < -0.4 is 24.4 Å². The Labute approximate surface area is 256 Å². The molecule has 0 unspecified atom stereocenters. The molecule has 10 heteroatoms. The molecule has 0 saturated carbocycles. The smallest absolute Gasteiger partial charge is 0.338 e. The van der Waals surface area contributed by atoms with Gasteiger partial charge in [-0.3, -0.25) is 9.36 Å². The summed E-state index contributed by atoms with van der Waals surface area (Å²) in [6.45, 7) is 4.29. The van der Waals surface area contributed by atoms with E-state index in [1.165, 1.54) is 15.9 Å². The number of ether oxygens (including phenoxy) is 3. The number of thiazole rings is 1. The quantitative estimate of drug-likeness (QED) is 0.213. The first-order chi connectivity index (χ1) is 20.4. The average Bonchev–Trinajstić information content (AvgIpc) is 3.32. The van der Waals surface area contributed by atoms with E-state index in [1.807, 2.05) is 43.3 Å². The van der Waals surface area contributed by atoms with Crippen molar-refractivity contribution in [1.29, 1.82) is 0 Å². The lowest BCUT2D eigenvalue weighted by atomic mass is 9.92. The van der Waals surface area contributed by atoms with Crippen molar-refractivity contribution in [2.24, 2.45) is 4.99 Å². The molecule has 0 radical (unpaired) electrons. The molecule has 0 amide bonds. The first kappa shape index (κ1) is 29.6. The minimum atomic E-state index is -0.922. The Kier molecular flexibility index (Phi) is 9.16. The molecular weight excluding hydrogens is 595 g/mol. The van der Waals surface area contributed by atoms with Gasteiger partial charge in [0.15, 0.2) is 16.3 Å². The highest BCUT2D eigenvalue weighted by atomic mass is 35.5. The molecule has 1 aromatic heterocycles. The summed E-state index contributed by atoms with van der Waals surface area (Å²) >= 11 is 13.9. The number of para-hydroxylation sites is 1. The van der Waals surface area contributed by atoms with Crippen molar-refractivity contribution < 1.29 is 19.0 Å². The molecule has 1 aliphatic heterocycles. The van der Waals surface area contributed by atoms with Crippen LogP contribution in [0.1, 0.15) is 43.0 Å². The number of benzene rings is 3. The Morgan fingerprint density at radius 1 is 1.05 bits per heavy atom. The van der Waals surface area contributed by atoms with Crippen LogP contribution in [0, 0.1) is 0 Å². The van der Waals surface area contributed by atoms with Crippen LogP contribution in [0.2, 0.25) is 10.0 Å². The Bertz CT molecular complexity index is 1850. The summed E-state index contributed by atoms with van der Waals surface area (Å²) in [5, 5.41) is 0.711. The molecule has 3 aromatic carbocycles. The highest BCUT2D eigenvalue weighted by Gasteiger charge is 2.37. The van der Waals surface area contributed by atoms with E-state index in [0.717, 1.165) is 6.42 Å². The van der Waals surface area contributed by atoms with Gasteiger partial charge in [-0.25, -0.2) is 9.79 Å². The number of fused-ring (bicyclic) bond motifs is 1. The van der Waals surface area contributed by atoms with E-state index in [-0.39, 0.29) is 17.7 Å². The number of carbonyl (C=O) groups excluding carboxylic acids is 1. The molecule has 0 saturated heterocycles. The molecule has 1 aliphatic rings. The van der Waals surface area contributed by atoms with Crippen molar-refractivity contribution in [3.8, 4) is 11.5 Å². The van der Waals surface area contributed by atoms with Crippen molar-refractivity contribution in [1.82, 2.24) is 4.57 Å². The molecule has 1 atom stereocenters. The number of aromatic nitrogens is 1. The van der Waals surface area contributed by atoms with Crippen LogP contribution in [-0.2, 0) is 9.53 Å². The number of hydrogen-bond acceptors (Lipinski definition) is 7. The van der Waals surface area contributed by atoms with Gasteiger partial charge in [-0.1, -0.05) is 96.1 Å². The fourth-order valence-corrected chi connectivity index (χ4v) is 6.13. The number of esters is 1. The molecule has 0 spiro atoms. The van der Waals surface area contributed by atoms with Crippen LogP contribution in [0.5, 0.6) is 11.5 Å². The molecule has 0 fully saturated rings. The van der Waals surface area contributed by atoms with E-state index < -0.39 is 12.0 Å². The summed E-state index contributed by atoms with van der Waals surface area (Å²) < 4.78 is 19.3. The molecule has 5 rings (SSSR count). The van der Waals surface area contributed by atoms with Gasteiger partial charge in [0.2, 0.25) is 0 Å². The molecule has 0 aliphatic carbocycles. The summed E-state index contributed by atoms with van der Waals surface area (Å²) in [4.78, 5) is 33.3. The van der Waals surface area contributed by atoms with Crippen molar-refractivity contribution in [2.45, 2.75) is 26.3 Å².